The lowest BCUT2D eigenvalue weighted by Crippen LogP contribution is -2.58. The molecule has 168 valence electrons. The molecule has 2 aliphatic heterocycles. The maximum absolute atomic E-state index is 12.8. The van der Waals surface area contributed by atoms with Gasteiger partial charge in [0.25, 0.3) is 5.69 Å². The lowest BCUT2D eigenvalue weighted by atomic mass is 10.2. The molecule has 3 amide bonds. The Morgan fingerprint density at radius 3 is 2.26 bits per heavy atom. The van der Waals surface area contributed by atoms with E-state index in [1.807, 2.05) is 0 Å². The standard InChI is InChI=1S/C18H23N5O7S/c1-2-19-6-7-21(18(26)17(19)25)13-16(24)20-8-10-22(11-9-20)31(29,30)15-5-3-4-14(12-15)23(27)28/h3-5,12H,2,6-11,13H2,1H3. The summed E-state index contributed by atoms with van der Waals surface area (Å²) in [6.07, 6.45) is 0. The van der Waals surface area contributed by atoms with E-state index in [9.17, 15) is 32.9 Å². The van der Waals surface area contributed by atoms with Crippen LogP contribution in [0.25, 0.3) is 0 Å². The number of piperazine rings is 2. The highest BCUT2D eigenvalue weighted by atomic mass is 32.2. The first kappa shape index (κ1) is 22.6. The van der Waals surface area contributed by atoms with Crippen molar-refractivity contribution < 1.29 is 27.7 Å². The van der Waals surface area contributed by atoms with Gasteiger partial charge in [-0.2, -0.15) is 4.31 Å². The second-order valence-corrected chi connectivity index (χ2v) is 9.09. The molecular formula is C18H23N5O7S. The predicted octanol–water partition coefficient (Wildman–Crippen LogP) is -0.882. The lowest BCUT2D eigenvalue weighted by Gasteiger charge is -2.37. The topological polar surface area (TPSA) is 141 Å². The third kappa shape index (κ3) is 4.66. The van der Waals surface area contributed by atoms with E-state index in [4.69, 9.17) is 0 Å². The number of likely N-dealkylation sites (N-methyl/N-ethyl adjacent to an activating group) is 1. The third-order valence-electron chi connectivity index (χ3n) is 5.36. The van der Waals surface area contributed by atoms with Gasteiger partial charge in [0.1, 0.15) is 6.54 Å². The van der Waals surface area contributed by atoms with Gasteiger partial charge >= 0.3 is 11.8 Å². The molecule has 2 saturated heterocycles. The van der Waals surface area contributed by atoms with Gasteiger partial charge in [0.15, 0.2) is 0 Å². The van der Waals surface area contributed by atoms with Crippen molar-refractivity contribution in [3.05, 3.63) is 34.4 Å². The van der Waals surface area contributed by atoms with E-state index < -0.39 is 26.8 Å². The molecule has 1 aromatic carbocycles. The number of non-ortho nitro benzene ring substituents is 1. The van der Waals surface area contributed by atoms with Gasteiger partial charge in [-0.25, -0.2) is 8.42 Å². The van der Waals surface area contributed by atoms with Gasteiger partial charge in [-0.3, -0.25) is 24.5 Å². The Morgan fingerprint density at radius 1 is 1.03 bits per heavy atom. The zero-order chi connectivity index (χ0) is 22.8. The Bertz CT molecular complexity index is 1000. The van der Waals surface area contributed by atoms with E-state index in [1.165, 1.54) is 37.2 Å². The average molecular weight is 453 g/mol. The van der Waals surface area contributed by atoms with Gasteiger partial charge in [-0.05, 0) is 13.0 Å². The second-order valence-electron chi connectivity index (χ2n) is 7.15. The quantitative estimate of drug-likeness (QED) is 0.309. The Labute approximate surface area is 179 Å². The fourth-order valence-corrected chi connectivity index (χ4v) is 4.98. The minimum Gasteiger partial charge on any atom is -0.339 e. The summed E-state index contributed by atoms with van der Waals surface area (Å²) in [5, 5.41) is 10.9. The van der Waals surface area contributed by atoms with Crippen molar-refractivity contribution in [1.29, 1.82) is 0 Å². The highest BCUT2D eigenvalue weighted by Gasteiger charge is 2.35. The summed E-state index contributed by atoms with van der Waals surface area (Å²) in [5.41, 5.74) is -0.322. The SMILES string of the molecule is CCN1CCN(CC(=O)N2CCN(S(=O)(=O)c3cccc([N+](=O)[O-])c3)CC2)C(=O)C1=O. The molecule has 0 spiro atoms. The molecule has 0 aromatic heterocycles. The fourth-order valence-electron chi connectivity index (χ4n) is 3.52. The first-order chi connectivity index (χ1) is 14.6. The molecule has 0 bridgehead atoms. The lowest BCUT2D eigenvalue weighted by molar-refractivity contribution is -0.385. The van der Waals surface area contributed by atoms with E-state index in [0.29, 0.717) is 13.1 Å². The summed E-state index contributed by atoms with van der Waals surface area (Å²) in [4.78, 5) is 50.9. The maximum Gasteiger partial charge on any atom is 0.312 e. The van der Waals surface area contributed by atoms with Crippen LogP contribution in [0.4, 0.5) is 5.69 Å². The number of nitro benzene ring substituents is 1. The Kier molecular flexibility index (Phi) is 6.55. The summed E-state index contributed by atoms with van der Waals surface area (Å²) in [6.45, 7) is 2.86. The van der Waals surface area contributed by atoms with Crippen molar-refractivity contribution in [2.45, 2.75) is 11.8 Å². The van der Waals surface area contributed by atoms with Crippen LogP contribution in [0.2, 0.25) is 0 Å². The van der Waals surface area contributed by atoms with Gasteiger partial charge in [-0.15, -0.1) is 0 Å². The molecule has 2 fully saturated rings. The maximum atomic E-state index is 12.8. The first-order valence-electron chi connectivity index (χ1n) is 9.75. The molecule has 0 N–H and O–H groups in total. The number of rotatable bonds is 6. The number of amides is 3. The summed E-state index contributed by atoms with van der Waals surface area (Å²) in [6, 6.07) is 4.81. The molecule has 2 aliphatic rings. The molecule has 0 saturated carbocycles. The predicted molar refractivity (Wildman–Crippen MR) is 107 cm³/mol. The van der Waals surface area contributed by atoms with Gasteiger partial charge in [0.2, 0.25) is 15.9 Å². The molecule has 0 atom stereocenters. The summed E-state index contributed by atoms with van der Waals surface area (Å²) >= 11 is 0. The van der Waals surface area contributed by atoms with Crippen LogP contribution in [0.15, 0.2) is 29.2 Å². The average Bonchev–Trinajstić information content (AvgIpc) is 2.77. The molecule has 31 heavy (non-hydrogen) atoms. The monoisotopic (exact) mass is 453 g/mol. The van der Waals surface area contributed by atoms with E-state index in [-0.39, 0.29) is 55.8 Å². The number of nitro groups is 1. The first-order valence-corrected chi connectivity index (χ1v) is 11.2. The molecule has 0 radical (unpaired) electrons. The van der Waals surface area contributed by atoms with E-state index in [1.54, 1.807) is 6.92 Å². The summed E-state index contributed by atoms with van der Waals surface area (Å²) in [7, 11) is -3.94. The summed E-state index contributed by atoms with van der Waals surface area (Å²) in [5.74, 6) is -1.71. The number of carbonyl (C=O) groups is 3. The van der Waals surface area contributed by atoms with Gasteiger partial charge in [0.05, 0.1) is 9.82 Å². The summed E-state index contributed by atoms with van der Waals surface area (Å²) < 4.78 is 26.8. The smallest absolute Gasteiger partial charge is 0.312 e. The van der Waals surface area contributed by atoms with Crippen LogP contribution in [0.3, 0.4) is 0 Å². The minimum atomic E-state index is -3.94. The Balaban J connectivity index is 1.59. The molecule has 12 nitrogen and oxygen atoms in total. The Hall–Kier alpha value is -3.06. The van der Waals surface area contributed by atoms with Gasteiger partial charge in [0, 0.05) is 57.9 Å². The van der Waals surface area contributed by atoms with E-state index >= 15 is 0 Å². The number of hydrogen-bond acceptors (Lipinski definition) is 7. The number of nitrogens with zero attached hydrogens (tertiary/aromatic N) is 5. The second kappa shape index (κ2) is 8.98. The normalized spacial score (nSPS) is 18.4. The van der Waals surface area contributed by atoms with Crippen LogP contribution in [0.5, 0.6) is 0 Å². The van der Waals surface area contributed by atoms with Crippen LogP contribution in [0, 0.1) is 10.1 Å². The molecule has 0 aliphatic carbocycles. The van der Waals surface area contributed by atoms with E-state index in [0.717, 1.165) is 6.07 Å². The van der Waals surface area contributed by atoms with Gasteiger partial charge in [-0.1, -0.05) is 6.07 Å². The van der Waals surface area contributed by atoms with Crippen LogP contribution in [-0.4, -0.2) is 102 Å². The number of benzene rings is 1. The third-order valence-corrected chi connectivity index (χ3v) is 7.26. The zero-order valence-corrected chi connectivity index (χ0v) is 17.8. The molecular weight excluding hydrogens is 430 g/mol. The van der Waals surface area contributed by atoms with Crippen LogP contribution >= 0.6 is 0 Å². The van der Waals surface area contributed by atoms with Crippen molar-refractivity contribution in [2.75, 3.05) is 52.4 Å². The fraction of sp³-hybridized carbons (Fsp3) is 0.500. The zero-order valence-electron chi connectivity index (χ0n) is 17.0. The molecule has 3 rings (SSSR count). The number of sulfonamides is 1. The largest absolute Gasteiger partial charge is 0.339 e. The highest BCUT2D eigenvalue weighted by molar-refractivity contribution is 7.89. The van der Waals surface area contributed by atoms with Crippen molar-refractivity contribution in [1.82, 2.24) is 19.0 Å². The molecule has 0 unspecified atom stereocenters. The van der Waals surface area contributed by atoms with Crippen LogP contribution < -0.4 is 0 Å². The van der Waals surface area contributed by atoms with Gasteiger partial charge < -0.3 is 14.7 Å². The van der Waals surface area contributed by atoms with Crippen molar-refractivity contribution in [3.63, 3.8) is 0 Å². The number of carbonyl (C=O) groups excluding carboxylic acids is 3. The highest BCUT2D eigenvalue weighted by Crippen LogP contribution is 2.22. The van der Waals surface area contributed by atoms with Crippen molar-refractivity contribution >= 4 is 33.4 Å². The van der Waals surface area contributed by atoms with Crippen molar-refractivity contribution in [3.8, 4) is 0 Å². The Morgan fingerprint density at radius 2 is 1.65 bits per heavy atom. The van der Waals surface area contributed by atoms with E-state index in [2.05, 4.69) is 0 Å². The minimum absolute atomic E-state index is 0.0211. The van der Waals surface area contributed by atoms with Crippen LogP contribution in [0.1, 0.15) is 6.92 Å². The molecule has 13 heteroatoms. The number of hydrogen-bond donors (Lipinski definition) is 0. The molecule has 2 heterocycles. The van der Waals surface area contributed by atoms with Crippen molar-refractivity contribution in [2.24, 2.45) is 0 Å². The molecule has 1 aromatic rings. The van der Waals surface area contributed by atoms with Crippen LogP contribution in [-0.2, 0) is 24.4 Å².